The quantitative estimate of drug-likeness (QED) is 0.836. The molecule has 2 aliphatic rings. The third-order valence-corrected chi connectivity index (χ3v) is 5.26. The minimum Gasteiger partial charge on any atom is -0.489 e. The first-order valence-electron chi connectivity index (χ1n) is 8.20. The minimum atomic E-state index is -4.51. The van der Waals surface area contributed by atoms with Gasteiger partial charge in [-0.2, -0.15) is 13.2 Å². The van der Waals surface area contributed by atoms with Crippen LogP contribution in [0.5, 0.6) is 5.75 Å². The first-order chi connectivity index (χ1) is 11.0. The van der Waals surface area contributed by atoms with Crippen LogP contribution in [-0.4, -0.2) is 19.2 Å². The van der Waals surface area contributed by atoms with E-state index in [1.54, 1.807) is 0 Å². The number of nitrogens with one attached hydrogen (secondary N) is 1. The van der Waals surface area contributed by atoms with Gasteiger partial charge in [0.2, 0.25) is 0 Å². The lowest BCUT2D eigenvalue weighted by atomic mass is 9.88. The average molecular weight is 348 g/mol. The zero-order valence-electron chi connectivity index (χ0n) is 12.8. The van der Waals surface area contributed by atoms with E-state index in [0.717, 1.165) is 45.2 Å². The highest BCUT2D eigenvalue weighted by Gasteiger charge is 2.40. The van der Waals surface area contributed by atoms with Crippen LogP contribution in [0.25, 0.3) is 0 Å². The molecule has 1 aliphatic heterocycles. The van der Waals surface area contributed by atoms with Gasteiger partial charge in [-0.25, -0.2) is 0 Å². The van der Waals surface area contributed by atoms with Crippen molar-refractivity contribution in [1.29, 1.82) is 0 Å². The van der Waals surface area contributed by atoms with E-state index in [1.165, 1.54) is 18.2 Å². The molecule has 2 unspecified atom stereocenters. The van der Waals surface area contributed by atoms with Gasteiger partial charge in [0.15, 0.2) is 0 Å². The normalized spacial score (nSPS) is 24.1. The highest BCUT2D eigenvalue weighted by molar-refractivity contribution is 6.31. The molecule has 1 heterocycles. The molecule has 0 aromatic heterocycles. The number of hydrogen-bond donors (Lipinski definition) is 1. The molecule has 23 heavy (non-hydrogen) atoms. The van der Waals surface area contributed by atoms with Gasteiger partial charge in [0.1, 0.15) is 17.4 Å². The van der Waals surface area contributed by atoms with E-state index < -0.39 is 11.7 Å². The van der Waals surface area contributed by atoms with E-state index in [1.807, 2.05) is 0 Å². The molecule has 1 aromatic rings. The largest absolute Gasteiger partial charge is 0.489 e. The maximum Gasteiger partial charge on any atom is 0.421 e. The second-order valence-corrected chi connectivity index (χ2v) is 6.90. The fraction of sp³-hybridized carbons (Fsp3) is 0.647. The summed E-state index contributed by atoms with van der Waals surface area (Å²) in [6, 6.07) is 4.17. The Hall–Kier alpha value is -0.940. The first kappa shape index (κ1) is 16.9. The fourth-order valence-electron chi connectivity index (χ4n) is 3.84. The smallest absolute Gasteiger partial charge is 0.421 e. The predicted molar refractivity (Wildman–Crippen MR) is 83.8 cm³/mol. The number of benzene rings is 1. The molecule has 0 amide bonds. The molecular formula is C17H21ClF3NO. The third-order valence-electron chi connectivity index (χ3n) is 4.95. The Labute approximate surface area is 139 Å². The summed E-state index contributed by atoms with van der Waals surface area (Å²) in [4.78, 5) is 0. The SMILES string of the molecule is FC(F)(F)c1c(Cl)cccc1OC(C1CCCC1)C1CCNC1. The minimum absolute atomic E-state index is 0.131. The Kier molecular flexibility index (Phi) is 5.07. The molecule has 1 aliphatic carbocycles. The summed E-state index contributed by atoms with van der Waals surface area (Å²) in [5.74, 6) is 0.465. The first-order valence-corrected chi connectivity index (χ1v) is 8.57. The van der Waals surface area contributed by atoms with Gasteiger partial charge >= 0.3 is 6.18 Å². The van der Waals surface area contributed by atoms with Crippen LogP contribution in [0.1, 0.15) is 37.7 Å². The molecule has 2 atom stereocenters. The molecule has 0 spiro atoms. The Morgan fingerprint density at radius 2 is 1.87 bits per heavy atom. The summed E-state index contributed by atoms with van der Waals surface area (Å²) in [6.45, 7) is 1.71. The molecule has 1 aromatic carbocycles. The fourth-order valence-corrected chi connectivity index (χ4v) is 4.12. The van der Waals surface area contributed by atoms with E-state index in [4.69, 9.17) is 16.3 Å². The van der Waals surface area contributed by atoms with Crippen molar-refractivity contribution in [2.24, 2.45) is 11.8 Å². The van der Waals surface area contributed by atoms with E-state index in [9.17, 15) is 13.2 Å². The van der Waals surface area contributed by atoms with Gasteiger partial charge in [0, 0.05) is 12.5 Å². The number of alkyl halides is 3. The molecule has 0 bridgehead atoms. The predicted octanol–water partition coefficient (Wildman–Crippen LogP) is 4.91. The highest BCUT2D eigenvalue weighted by Crippen LogP contribution is 2.43. The van der Waals surface area contributed by atoms with Gasteiger partial charge in [-0.05, 0) is 43.9 Å². The van der Waals surface area contributed by atoms with Gasteiger partial charge in [-0.1, -0.05) is 30.5 Å². The van der Waals surface area contributed by atoms with Crippen LogP contribution >= 0.6 is 11.6 Å². The lowest BCUT2D eigenvalue weighted by molar-refractivity contribution is -0.139. The van der Waals surface area contributed by atoms with Crippen molar-refractivity contribution in [1.82, 2.24) is 5.32 Å². The van der Waals surface area contributed by atoms with Crippen LogP contribution in [-0.2, 0) is 6.18 Å². The Morgan fingerprint density at radius 3 is 2.48 bits per heavy atom. The Balaban J connectivity index is 1.89. The van der Waals surface area contributed by atoms with Crippen molar-refractivity contribution in [2.75, 3.05) is 13.1 Å². The van der Waals surface area contributed by atoms with Crippen molar-refractivity contribution in [2.45, 2.75) is 44.4 Å². The van der Waals surface area contributed by atoms with E-state index in [-0.39, 0.29) is 22.8 Å². The molecule has 0 radical (unpaired) electrons. The molecular weight excluding hydrogens is 327 g/mol. The molecule has 1 saturated heterocycles. The topological polar surface area (TPSA) is 21.3 Å². The van der Waals surface area contributed by atoms with E-state index in [2.05, 4.69) is 5.32 Å². The zero-order valence-corrected chi connectivity index (χ0v) is 13.6. The van der Waals surface area contributed by atoms with Gasteiger partial charge in [-0.15, -0.1) is 0 Å². The van der Waals surface area contributed by atoms with Crippen molar-refractivity contribution in [3.63, 3.8) is 0 Å². The maximum absolute atomic E-state index is 13.3. The van der Waals surface area contributed by atoms with Crippen molar-refractivity contribution >= 4 is 11.6 Å². The Morgan fingerprint density at radius 1 is 1.13 bits per heavy atom. The summed E-state index contributed by atoms with van der Waals surface area (Å²) >= 11 is 5.80. The van der Waals surface area contributed by atoms with Crippen LogP contribution in [0.4, 0.5) is 13.2 Å². The standard InChI is InChI=1S/C17H21ClF3NO/c18-13-6-3-7-14(15(13)17(19,20)21)23-16(11-4-1-2-5-11)12-8-9-22-10-12/h3,6-7,11-12,16,22H,1-2,4-5,8-10H2. The lowest BCUT2D eigenvalue weighted by Crippen LogP contribution is -2.35. The summed E-state index contributed by atoms with van der Waals surface area (Å²) in [7, 11) is 0. The average Bonchev–Trinajstić information content (AvgIpc) is 3.17. The summed E-state index contributed by atoms with van der Waals surface area (Å²) in [5, 5.41) is 2.99. The summed E-state index contributed by atoms with van der Waals surface area (Å²) in [6.07, 6.45) is 0.586. The van der Waals surface area contributed by atoms with Crippen molar-refractivity contribution in [3.8, 4) is 5.75 Å². The maximum atomic E-state index is 13.3. The zero-order chi connectivity index (χ0) is 16.4. The van der Waals surface area contributed by atoms with Crippen LogP contribution in [0.3, 0.4) is 0 Å². The number of ether oxygens (including phenoxy) is 1. The molecule has 1 N–H and O–H groups in total. The van der Waals surface area contributed by atoms with Gasteiger partial charge in [0.25, 0.3) is 0 Å². The number of rotatable bonds is 4. The van der Waals surface area contributed by atoms with Crippen LogP contribution in [0, 0.1) is 11.8 Å². The van der Waals surface area contributed by atoms with Crippen molar-refractivity contribution < 1.29 is 17.9 Å². The van der Waals surface area contributed by atoms with Crippen molar-refractivity contribution in [3.05, 3.63) is 28.8 Å². The second-order valence-electron chi connectivity index (χ2n) is 6.49. The number of halogens is 4. The molecule has 3 rings (SSSR count). The molecule has 2 fully saturated rings. The highest BCUT2D eigenvalue weighted by atomic mass is 35.5. The van der Waals surface area contributed by atoms with Crippen LogP contribution in [0.2, 0.25) is 5.02 Å². The third kappa shape index (κ3) is 3.77. The van der Waals surface area contributed by atoms with Gasteiger partial charge in [0.05, 0.1) is 5.02 Å². The molecule has 2 nitrogen and oxygen atoms in total. The van der Waals surface area contributed by atoms with E-state index in [0.29, 0.717) is 5.92 Å². The Bertz CT molecular complexity index is 521. The molecule has 6 heteroatoms. The van der Waals surface area contributed by atoms with Gasteiger partial charge < -0.3 is 10.1 Å². The van der Waals surface area contributed by atoms with Crippen LogP contribution in [0.15, 0.2) is 18.2 Å². The van der Waals surface area contributed by atoms with Crippen LogP contribution < -0.4 is 10.1 Å². The summed E-state index contributed by atoms with van der Waals surface area (Å²) < 4.78 is 46.0. The van der Waals surface area contributed by atoms with E-state index >= 15 is 0 Å². The monoisotopic (exact) mass is 347 g/mol. The second kappa shape index (κ2) is 6.89. The van der Waals surface area contributed by atoms with Gasteiger partial charge in [-0.3, -0.25) is 0 Å². The number of hydrogen-bond acceptors (Lipinski definition) is 2. The molecule has 1 saturated carbocycles. The lowest BCUT2D eigenvalue weighted by Gasteiger charge is -2.31. The molecule has 128 valence electrons. The summed E-state index contributed by atoms with van der Waals surface area (Å²) in [5.41, 5.74) is -0.851.